The summed E-state index contributed by atoms with van der Waals surface area (Å²) in [5, 5.41) is 3.78. The Balaban J connectivity index is 1.00. The number of hydrogen-bond acceptors (Lipinski definition) is 2. The smallest absolute Gasteiger partial charge is 0.0973 e. The van der Waals surface area contributed by atoms with Crippen molar-refractivity contribution in [3.8, 4) is 45.0 Å². The van der Waals surface area contributed by atoms with Gasteiger partial charge in [-0.3, -0.25) is 0 Å². The zero-order chi connectivity index (χ0) is 39.0. The van der Waals surface area contributed by atoms with Crippen LogP contribution in [0.15, 0.2) is 170 Å². The van der Waals surface area contributed by atoms with Gasteiger partial charge in [-0.1, -0.05) is 130 Å². The molecule has 0 unspecified atom stereocenters. The predicted molar refractivity (Wildman–Crippen MR) is 243 cm³/mol. The van der Waals surface area contributed by atoms with Gasteiger partial charge >= 0.3 is 0 Å². The number of nitrogens with zero attached hydrogens (tertiary/aromatic N) is 4. The molecule has 0 bridgehead atoms. The zero-order valence-corrected chi connectivity index (χ0v) is 32.9. The van der Waals surface area contributed by atoms with E-state index in [0.29, 0.717) is 0 Å². The van der Waals surface area contributed by atoms with Crippen molar-refractivity contribution in [1.82, 2.24) is 19.1 Å². The molecule has 0 amide bonds. The molecular formula is C54H42N4. The molecular weight excluding hydrogens is 705 g/mol. The van der Waals surface area contributed by atoms with E-state index < -0.39 is 0 Å². The van der Waals surface area contributed by atoms with E-state index in [2.05, 4.69) is 176 Å². The van der Waals surface area contributed by atoms with Crippen LogP contribution >= 0.6 is 0 Å². The summed E-state index contributed by atoms with van der Waals surface area (Å²) >= 11 is 0. The maximum Gasteiger partial charge on any atom is 0.0973 e. The number of para-hydroxylation sites is 3. The quantitative estimate of drug-likeness (QED) is 0.176. The summed E-state index contributed by atoms with van der Waals surface area (Å²) in [6.45, 7) is 6.83. The number of hydrogen-bond donors (Lipinski definition) is 0. The van der Waals surface area contributed by atoms with Crippen molar-refractivity contribution in [2.75, 3.05) is 0 Å². The summed E-state index contributed by atoms with van der Waals surface area (Å²) in [5.74, 6) is 0. The number of benzene rings is 7. The molecule has 0 atom stereocenters. The minimum Gasteiger partial charge on any atom is -0.313 e. The summed E-state index contributed by atoms with van der Waals surface area (Å²) < 4.78 is 4.87. The molecule has 0 saturated carbocycles. The van der Waals surface area contributed by atoms with Crippen LogP contribution < -0.4 is 0 Å². The summed E-state index contributed by atoms with van der Waals surface area (Å²) in [7, 11) is 0. The molecule has 0 spiro atoms. The molecule has 278 valence electrons. The molecule has 4 heteroatoms. The number of allylic oxidation sites excluding steroid dienone is 1. The maximum atomic E-state index is 5.15. The van der Waals surface area contributed by atoms with Crippen LogP contribution in [0.1, 0.15) is 44.0 Å². The average Bonchev–Trinajstić information content (AvgIpc) is 3.78. The second-order valence-corrected chi connectivity index (χ2v) is 16.6. The molecule has 1 aliphatic carbocycles. The molecule has 0 aliphatic heterocycles. The molecule has 58 heavy (non-hydrogen) atoms. The third kappa shape index (κ3) is 5.59. The lowest BCUT2D eigenvalue weighted by molar-refractivity contribution is 0.590. The van der Waals surface area contributed by atoms with Crippen LogP contribution in [0, 0.1) is 0 Å². The van der Waals surface area contributed by atoms with Gasteiger partial charge < -0.3 is 9.13 Å². The van der Waals surface area contributed by atoms with E-state index >= 15 is 0 Å². The fraction of sp³-hybridized carbons (Fsp3) is 0.111. The van der Waals surface area contributed by atoms with E-state index in [4.69, 9.17) is 9.97 Å². The lowest BCUT2D eigenvalue weighted by Crippen LogP contribution is -2.11. The van der Waals surface area contributed by atoms with Gasteiger partial charge in [0.25, 0.3) is 0 Å². The topological polar surface area (TPSA) is 35.6 Å². The number of rotatable bonds is 5. The summed E-state index contributed by atoms with van der Waals surface area (Å²) in [6.07, 6.45) is 6.76. The molecule has 0 N–H and O–H groups in total. The van der Waals surface area contributed by atoms with Crippen LogP contribution in [-0.2, 0) is 11.8 Å². The Morgan fingerprint density at radius 3 is 1.69 bits per heavy atom. The molecule has 1 aliphatic rings. The van der Waals surface area contributed by atoms with Gasteiger partial charge in [-0.05, 0) is 102 Å². The van der Waals surface area contributed by atoms with Gasteiger partial charge in [0.15, 0.2) is 0 Å². The van der Waals surface area contributed by atoms with Crippen LogP contribution in [0.2, 0.25) is 0 Å². The van der Waals surface area contributed by atoms with Crippen LogP contribution in [0.5, 0.6) is 0 Å². The van der Waals surface area contributed by atoms with E-state index in [1.807, 2.05) is 30.3 Å². The molecule has 10 aromatic rings. The molecule has 0 fully saturated rings. The molecule has 7 aromatic carbocycles. The Kier molecular flexibility index (Phi) is 7.84. The number of aromatic nitrogens is 4. The standard InChI is InChI=1S/C54H42N4/c1-54(2,3)39-25-29-41(30-26-39)58-49-20-12-8-16-43(49)45-34-38(24-32-51(45)58)37-23-31-50-44(33-37)42-15-7-11-19-48(42)57(50)40-27-21-36(22-28-40)53-52(35-13-5-4-6-14-35)55-46-17-9-10-18-47(46)56-53/h4-11,13-19,21-34H,12,20H2,1-3H3. The highest BCUT2D eigenvalue weighted by Gasteiger charge is 2.21. The molecule has 3 aromatic heterocycles. The second-order valence-electron chi connectivity index (χ2n) is 16.6. The van der Waals surface area contributed by atoms with Crippen molar-refractivity contribution in [2.45, 2.75) is 39.0 Å². The molecule has 0 radical (unpaired) electrons. The Labute approximate surface area is 338 Å². The van der Waals surface area contributed by atoms with Crippen LogP contribution in [-0.4, -0.2) is 19.1 Å². The molecule has 3 heterocycles. The van der Waals surface area contributed by atoms with Gasteiger partial charge in [0, 0.05) is 49.9 Å². The van der Waals surface area contributed by atoms with Crippen LogP contribution in [0.25, 0.3) is 94.8 Å². The average molecular weight is 747 g/mol. The first-order valence-corrected chi connectivity index (χ1v) is 20.3. The van der Waals surface area contributed by atoms with Crippen LogP contribution in [0.3, 0.4) is 0 Å². The molecule has 4 nitrogen and oxygen atoms in total. The van der Waals surface area contributed by atoms with E-state index in [9.17, 15) is 0 Å². The SMILES string of the molecule is CC(C)(C)c1ccc(-n2c3c(c4cc(-c5ccc6c(c5)c5ccccc5n6-c5ccc(-c6nc7ccccc7nc6-c6ccccc6)cc5)ccc42)C=CCC3)cc1. The minimum atomic E-state index is 0.119. The van der Waals surface area contributed by atoms with Crippen molar-refractivity contribution < 1.29 is 0 Å². The van der Waals surface area contributed by atoms with Crippen molar-refractivity contribution in [2.24, 2.45) is 0 Å². The summed E-state index contributed by atoms with van der Waals surface area (Å²) in [6, 6.07) is 59.2. The largest absolute Gasteiger partial charge is 0.313 e. The summed E-state index contributed by atoms with van der Waals surface area (Å²) in [4.78, 5) is 10.2. The maximum absolute atomic E-state index is 5.15. The van der Waals surface area contributed by atoms with E-state index in [1.165, 1.54) is 66.3 Å². The summed E-state index contributed by atoms with van der Waals surface area (Å²) in [5.41, 5.74) is 18.2. The zero-order valence-electron chi connectivity index (χ0n) is 32.9. The minimum absolute atomic E-state index is 0.119. The Bertz CT molecular complexity index is 3230. The fourth-order valence-corrected chi connectivity index (χ4v) is 9.00. The predicted octanol–water partition coefficient (Wildman–Crippen LogP) is 13.9. The highest BCUT2D eigenvalue weighted by Crippen LogP contribution is 2.40. The Morgan fingerprint density at radius 1 is 0.466 bits per heavy atom. The van der Waals surface area contributed by atoms with E-state index in [-0.39, 0.29) is 5.41 Å². The molecule has 0 saturated heterocycles. The first kappa shape index (κ1) is 34.2. The van der Waals surface area contributed by atoms with Crippen molar-refractivity contribution in [1.29, 1.82) is 0 Å². The Hall–Kier alpha value is -7.04. The van der Waals surface area contributed by atoms with Crippen molar-refractivity contribution in [3.63, 3.8) is 0 Å². The number of fused-ring (bicyclic) bond motifs is 7. The first-order valence-electron chi connectivity index (χ1n) is 20.3. The lowest BCUT2D eigenvalue weighted by atomic mass is 9.87. The van der Waals surface area contributed by atoms with Crippen molar-refractivity contribution in [3.05, 3.63) is 187 Å². The van der Waals surface area contributed by atoms with E-state index in [1.54, 1.807) is 0 Å². The second kappa shape index (κ2) is 13.3. The monoisotopic (exact) mass is 746 g/mol. The van der Waals surface area contributed by atoms with Gasteiger partial charge in [0.05, 0.1) is 39.0 Å². The first-order chi connectivity index (χ1) is 28.4. The highest BCUT2D eigenvalue weighted by molar-refractivity contribution is 6.11. The fourth-order valence-electron chi connectivity index (χ4n) is 9.00. The van der Waals surface area contributed by atoms with Gasteiger partial charge in [-0.15, -0.1) is 0 Å². The van der Waals surface area contributed by atoms with Crippen LogP contribution in [0.4, 0.5) is 0 Å². The van der Waals surface area contributed by atoms with Gasteiger partial charge in [0.1, 0.15) is 0 Å². The lowest BCUT2D eigenvalue weighted by Gasteiger charge is -2.20. The normalized spacial score (nSPS) is 12.9. The van der Waals surface area contributed by atoms with Gasteiger partial charge in [0.2, 0.25) is 0 Å². The molecule has 11 rings (SSSR count). The third-order valence-corrected chi connectivity index (χ3v) is 12.0. The van der Waals surface area contributed by atoms with Crippen molar-refractivity contribution >= 4 is 49.8 Å². The third-order valence-electron chi connectivity index (χ3n) is 12.0. The van der Waals surface area contributed by atoms with Gasteiger partial charge in [-0.2, -0.15) is 0 Å². The Morgan fingerprint density at radius 2 is 1.00 bits per heavy atom. The van der Waals surface area contributed by atoms with Gasteiger partial charge in [-0.25, -0.2) is 9.97 Å². The van der Waals surface area contributed by atoms with E-state index in [0.717, 1.165) is 52.1 Å². The highest BCUT2D eigenvalue weighted by atomic mass is 15.0.